The van der Waals surface area contributed by atoms with E-state index in [4.69, 9.17) is 4.74 Å². The summed E-state index contributed by atoms with van der Waals surface area (Å²) in [6.45, 7) is 0. The molecule has 1 N–H and O–H groups in total. The second-order valence-corrected chi connectivity index (χ2v) is 4.58. The number of carbonyl (C=O) groups excluding carboxylic acids is 1. The first-order valence-electron chi connectivity index (χ1n) is 6.87. The predicted octanol–water partition coefficient (Wildman–Crippen LogP) is 4.13. The fraction of sp³-hybridized carbons (Fsp3) is 0. The van der Waals surface area contributed by atoms with Crippen LogP contribution in [-0.2, 0) is 0 Å². The Labute approximate surface area is 128 Å². The van der Waals surface area contributed by atoms with E-state index in [9.17, 15) is 4.79 Å². The smallest absolute Gasteiger partial charge is 0.274 e. The van der Waals surface area contributed by atoms with E-state index in [1.807, 2.05) is 42.5 Å². The maximum absolute atomic E-state index is 12.2. The molecule has 0 bridgehead atoms. The lowest BCUT2D eigenvalue weighted by Crippen LogP contribution is -2.13. The van der Waals surface area contributed by atoms with Crippen LogP contribution in [0.3, 0.4) is 0 Å². The molecule has 0 unspecified atom stereocenters. The van der Waals surface area contributed by atoms with E-state index in [1.165, 1.54) is 0 Å². The highest BCUT2D eigenvalue weighted by atomic mass is 16.5. The Morgan fingerprint density at radius 3 is 2.36 bits per heavy atom. The average molecular weight is 290 g/mol. The number of benzene rings is 2. The zero-order chi connectivity index (χ0) is 15.2. The molecule has 0 aliphatic carbocycles. The van der Waals surface area contributed by atoms with E-state index in [2.05, 4.69) is 10.3 Å². The van der Waals surface area contributed by atoms with Crippen molar-refractivity contribution < 1.29 is 9.53 Å². The molecule has 1 aromatic heterocycles. The Balaban J connectivity index is 1.81. The van der Waals surface area contributed by atoms with Crippen LogP contribution in [0.2, 0.25) is 0 Å². The summed E-state index contributed by atoms with van der Waals surface area (Å²) in [5.74, 6) is 1.02. The maximum Gasteiger partial charge on any atom is 0.274 e. The number of carbonyl (C=O) groups is 1. The first-order chi connectivity index (χ1) is 10.8. The fourth-order valence-corrected chi connectivity index (χ4v) is 1.96. The Hall–Kier alpha value is -3.14. The van der Waals surface area contributed by atoms with Crippen molar-refractivity contribution in [3.63, 3.8) is 0 Å². The standard InChI is InChI=1S/C18H14N2O2/c21-18(16-11-6-7-13-19-16)20-15-10-4-5-12-17(15)22-14-8-2-1-3-9-14/h1-13H,(H,20,21). The molecule has 0 atom stereocenters. The molecule has 1 amide bonds. The molecule has 0 fully saturated rings. The van der Waals surface area contributed by atoms with Crippen LogP contribution in [0.15, 0.2) is 79.0 Å². The molecule has 3 aromatic rings. The third kappa shape index (κ3) is 3.30. The number of ether oxygens (including phenoxy) is 1. The minimum Gasteiger partial charge on any atom is -0.455 e. The van der Waals surface area contributed by atoms with Gasteiger partial charge in [-0.15, -0.1) is 0 Å². The van der Waals surface area contributed by atoms with Crippen LogP contribution in [0, 0.1) is 0 Å². The van der Waals surface area contributed by atoms with Crippen molar-refractivity contribution in [2.45, 2.75) is 0 Å². The highest BCUT2D eigenvalue weighted by Gasteiger charge is 2.10. The highest BCUT2D eigenvalue weighted by molar-refractivity contribution is 6.03. The van der Waals surface area contributed by atoms with Gasteiger partial charge < -0.3 is 10.1 Å². The normalized spacial score (nSPS) is 10.0. The molecule has 22 heavy (non-hydrogen) atoms. The summed E-state index contributed by atoms with van der Waals surface area (Å²) < 4.78 is 5.81. The lowest BCUT2D eigenvalue weighted by molar-refractivity contribution is 0.102. The molecule has 0 saturated carbocycles. The van der Waals surface area contributed by atoms with Gasteiger partial charge in [-0.3, -0.25) is 9.78 Å². The summed E-state index contributed by atoms with van der Waals surface area (Å²) in [4.78, 5) is 16.2. The number of para-hydroxylation sites is 3. The zero-order valence-corrected chi connectivity index (χ0v) is 11.8. The number of nitrogens with zero attached hydrogens (tertiary/aromatic N) is 1. The van der Waals surface area contributed by atoms with Crippen LogP contribution in [0.4, 0.5) is 5.69 Å². The number of nitrogens with one attached hydrogen (secondary N) is 1. The SMILES string of the molecule is O=C(Nc1ccccc1Oc1ccccc1)c1ccccn1. The summed E-state index contributed by atoms with van der Waals surface area (Å²) in [5.41, 5.74) is 0.957. The predicted molar refractivity (Wildman–Crippen MR) is 85.1 cm³/mol. The summed E-state index contributed by atoms with van der Waals surface area (Å²) >= 11 is 0. The highest BCUT2D eigenvalue weighted by Crippen LogP contribution is 2.29. The third-order valence-electron chi connectivity index (χ3n) is 3.00. The third-order valence-corrected chi connectivity index (χ3v) is 3.00. The summed E-state index contributed by atoms with van der Waals surface area (Å²) in [6, 6.07) is 21.9. The minimum atomic E-state index is -0.273. The topological polar surface area (TPSA) is 51.2 Å². The number of amides is 1. The number of anilines is 1. The van der Waals surface area contributed by atoms with Gasteiger partial charge in [-0.05, 0) is 36.4 Å². The number of rotatable bonds is 4. The van der Waals surface area contributed by atoms with E-state index >= 15 is 0 Å². The van der Waals surface area contributed by atoms with Crippen molar-refractivity contribution in [1.82, 2.24) is 4.98 Å². The second-order valence-electron chi connectivity index (χ2n) is 4.58. The molecule has 0 aliphatic heterocycles. The van der Waals surface area contributed by atoms with E-state index in [0.717, 1.165) is 0 Å². The molecular formula is C18H14N2O2. The van der Waals surface area contributed by atoms with Gasteiger partial charge in [0, 0.05) is 6.20 Å². The first-order valence-corrected chi connectivity index (χ1v) is 6.87. The van der Waals surface area contributed by atoms with E-state index in [0.29, 0.717) is 22.9 Å². The molecular weight excluding hydrogens is 276 g/mol. The Morgan fingerprint density at radius 1 is 0.864 bits per heavy atom. The van der Waals surface area contributed by atoms with Gasteiger partial charge in [0.25, 0.3) is 5.91 Å². The number of hydrogen-bond acceptors (Lipinski definition) is 3. The van der Waals surface area contributed by atoms with Gasteiger partial charge >= 0.3 is 0 Å². The van der Waals surface area contributed by atoms with Crippen LogP contribution >= 0.6 is 0 Å². The molecule has 0 spiro atoms. The molecule has 4 nitrogen and oxygen atoms in total. The van der Waals surface area contributed by atoms with Gasteiger partial charge in [0.1, 0.15) is 11.4 Å². The molecule has 4 heteroatoms. The Morgan fingerprint density at radius 2 is 1.59 bits per heavy atom. The van der Waals surface area contributed by atoms with Crippen molar-refractivity contribution in [3.8, 4) is 11.5 Å². The van der Waals surface area contributed by atoms with Crippen molar-refractivity contribution in [3.05, 3.63) is 84.7 Å². The Bertz CT molecular complexity index is 758. The van der Waals surface area contributed by atoms with E-state index in [-0.39, 0.29) is 5.91 Å². The van der Waals surface area contributed by atoms with Crippen LogP contribution in [-0.4, -0.2) is 10.9 Å². The average Bonchev–Trinajstić information content (AvgIpc) is 2.58. The summed E-state index contributed by atoms with van der Waals surface area (Å²) in [6.07, 6.45) is 1.58. The monoisotopic (exact) mass is 290 g/mol. The number of hydrogen-bond donors (Lipinski definition) is 1. The molecule has 0 aliphatic rings. The molecule has 0 saturated heterocycles. The minimum absolute atomic E-state index is 0.273. The van der Waals surface area contributed by atoms with Gasteiger partial charge in [0.15, 0.2) is 5.75 Å². The maximum atomic E-state index is 12.2. The van der Waals surface area contributed by atoms with Gasteiger partial charge in [-0.2, -0.15) is 0 Å². The Kier molecular flexibility index (Phi) is 4.11. The summed E-state index contributed by atoms with van der Waals surface area (Å²) in [7, 11) is 0. The van der Waals surface area contributed by atoms with Gasteiger partial charge in [0.05, 0.1) is 5.69 Å². The second kappa shape index (κ2) is 6.54. The first kappa shape index (κ1) is 13.8. The summed E-state index contributed by atoms with van der Waals surface area (Å²) in [5, 5.41) is 2.82. The van der Waals surface area contributed by atoms with Crippen LogP contribution < -0.4 is 10.1 Å². The molecule has 2 aromatic carbocycles. The largest absolute Gasteiger partial charge is 0.455 e. The van der Waals surface area contributed by atoms with Crippen LogP contribution in [0.5, 0.6) is 11.5 Å². The number of aromatic nitrogens is 1. The van der Waals surface area contributed by atoms with Crippen molar-refractivity contribution in [2.75, 3.05) is 5.32 Å². The molecule has 108 valence electrons. The van der Waals surface area contributed by atoms with E-state index in [1.54, 1.807) is 36.5 Å². The van der Waals surface area contributed by atoms with Gasteiger partial charge in [-0.1, -0.05) is 36.4 Å². The van der Waals surface area contributed by atoms with Crippen molar-refractivity contribution in [1.29, 1.82) is 0 Å². The van der Waals surface area contributed by atoms with Crippen LogP contribution in [0.25, 0.3) is 0 Å². The molecule has 3 rings (SSSR count). The lowest BCUT2D eigenvalue weighted by atomic mass is 10.2. The molecule has 1 heterocycles. The fourth-order valence-electron chi connectivity index (χ4n) is 1.96. The van der Waals surface area contributed by atoms with Gasteiger partial charge in [-0.25, -0.2) is 0 Å². The number of pyridine rings is 1. The zero-order valence-electron chi connectivity index (χ0n) is 11.8. The van der Waals surface area contributed by atoms with Gasteiger partial charge in [0.2, 0.25) is 0 Å². The molecule has 0 radical (unpaired) electrons. The van der Waals surface area contributed by atoms with Crippen molar-refractivity contribution >= 4 is 11.6 Å². The van der Waals surface area contributed by atoms with Crippen molar-refractivity contribution in [2.24, 2.45) is 0 Å². The quantitative estimate of drug-likeness (QED) is 0.786. The lowest BCUT2D eigenvalue weighted by Gasteiger charge is -2.11. The van der Waals surface area contributed by atoms with Crippen LogP contribution in [0.1, 0.15) is 10.5 Å². The van der Waals surface area contributed by atoms with E-state index < -0.39 is 0 Å².